The van der Waals surface area contributed by atoms with Crippen LogP contribution in [0.5, 0.6) is 0 Å². The summed E-state index contributed by atoms with van der Waals surface area (Å²) in [4.78, 5) is 22.6. The number of carbonyl (C=O) groups is 2. The van der Waals surface area contributed by atoms with Crippen molar-refractivity contribution in [2.45, 2.75) is 6.92 Å². The predicted octanol–water partition coefficient (Wildman–Crippen LogP) is 2.92. The molecule has 1 aromatic carbocycles. The molecule has 0 saturated heterocycles. The van der Waals surface area contributed by atoms with Crippen molar-refractivity contribution in [3.05, 3.63) is 52.3 Å². The van der Waals surface area contributed by atoms with Gasteiger partial charge in [0.05, 0.1) is 28.9 Å². The molecule has 2 rings (SSSR count). The maximum Gasteiger partial charge on any atom is 0.337 e. The van der Waals surface area contributed by atoms with Gasteiger partial charge in [-0.25, -0.2) is 9.59 Å². The van der Waals surface area contributed by atoms with Crippen molar-refractivity contribution in [2.24, 2.45) is 0 Å². The number of nitrogens with zero attached hydrogens (tertiary/aromatic N) is 1. The van der Waals surface area contributed by atoms with E-state index in [9.17, 15) is 9.59 Å². The molecule has 0 aliphatic heterocycles. The summed E-state index contributed by atoms with van der Waals surface area (Å²) in [5, 5.41) is 9.47. The number of hydrogen-bond donors (Lipinski definition) is 1. The maximum absolute atomic E-state index is 11.5. The van der Waals surface area contributed by atoms with Crippen LogP contribution in [0.25, 0.3) is 5.69 Å². The fraction of sp³-hybridized carbons (Fsp3) is 0.143. The Balaban J connectivity index is 2.57. The minimum Gasteiger partial charge on any atom is -0.478 e. The van der Waals surface area contributed by atoms with Gasteiger partial charge < -0.3 is 14.4 Å². The fourth-order valence-electron chi connectivity index (χ4n) is 1.94. The number of benzene rings is 1. The molecule has 104 valence electrons. The molecular weight excluding hydrogens is 282 g/mol. The van der Waals surface area contributed by atoms with E-state index in [-0.39, 0.29) is 5.56 Å². The van der Waals surface area contributed by atoms with E-state index in [1.807, 2.05) is 0 Å². The molecule has 1 heterocycles. The van der Waals surface area contributed by atoms with E-state index in [1.165, 1.54) is 13.2 Å². The van der Waals surface area contributed by atoms with Gasteiger partial charge in [0.25, 0.3) is 0 Å². The number of carboxylic acids is 1. The Labute approximate surface area is 120 Å². The third-order valence-electron chi connectivity index (χ3n) is 3.00. The second-order valence-electron chi connectivity index (χ2n) is 4.15. The summed E-state index contributed by atoms with van der Waals surface area (Å²) >= 11 is 6.12. The molecule has 5 nitrogen and oxygen atoms in total. The smallest absolute Gasteiger partial charge is 0.337 e. The molecule has 0 amide bonds. The highest BCUT2D eigenvalue weighted by Gasteiger charge is 2.15. The van der Waals surface area contributed by atoms with Crippen molar-refractivity contribution in [3.63, 3.8) is 0 Å². The van der Waals surface area contributed by atoms with Gasteiger partial charge in [-0.05, 0) is 31.2 Å². The zero-order chi connectivity index (χ0) is 14.9. The molecule has 1 N–H and O–H groups in total. The zero-order valence-corrected chi connectivity index (χ0v) is 11.6. The number of ether oxygens (including phenoxy) is 1. The van der Waals surface area contributed by atoms with E-state index in [2.05, 4.69) is 4.74 Å². The summed E-state index contributed by atoms with van der Waals surface area (Å²) in [6.45, 7) is 1.67. The number of hydrogen-bond acceptors (Lipinski definition) is 3. The summed E-state index contributed by atoms with van der Waals surface area (Å²) in [6.07, 6.45) is 1.60. The third-order valence-corrected chi connectivity index (χ3v) is 3.32. The molecule has 0 radical (unpaired) electrons. The van der Waals surface area contributed by atoms with E-state index in [0.29, 0.717) is 22.0 Å². The fourth-order valence-corrected chi connectivity index (χ4v) is 2.15. The van der Waals surface area contributed by atoms with Crippen LogP contribution in [0, 0.1) is 6.92 Å². The summed E-state index contributed by atoms with van der Waals surface area (Å²) in [7, 11) is 1.29. The first-order chi connectivity index (χ1) is 9.45. The average molecular weight is 294 g/mol. The quantitative estimate of drug-likeness (QED) is 0.884. The molecule has 1 aromatic heterocycles. The molecule has 6 heteroatoms. The molecule has 0 unspecified atom stereocenters. The largest absolute Gasteiger partial charge is 0.478 e. The number of rotatable bonds is 3. The lowest BCUT2D eigenvalue weighted by molar-refractivity contribution is 0.0599. The van der Waals surface area contributed by atoms with E-state index < -0.39 is 11.9 Å². The number of carboxylic acid groups (broad SMARTS) is 1. The first-order valence-corrected chi connectivity index (χ1v) is 6.13. The molecule has 0 aliphatic rings. The van der Waals surface area contributed by atoms with Crippen LogP contribution < -0.4 is 0 Å². The Morgan fingerprint density at radius 2 is 2.00 bits per heavy atom. The van der Waals surface area contributed by atoms with Crippen LogP contribution in [0.1, 0.15) is 26.4 Å². The second-order valence-corrected chi connectivity index (χ2v) is 4.55. The number of carbonyl (C=O) groups excluding carboxylic acids is 1. The van der Waals surface area contributed by atoms with Crippen LogP contribution in [0.2, 0.25) is 5.02 Å². The Bertz CT molecular complexity index is 690. The van der Waals surface area contributed by atoms with Gasteiger partial charge in [0.2, 0.25) is 0 Å². The third kappa shape index (κ3) is 2.40. The van der Waals surface area contributed by atoms with Crippen molar-refractivity contribution in [3.8, 4) is 5.69 Å². The molecule has 2 aromatic rings. The molecule has 0 fully saturated rings. The van der Waals surface area contributed by atoms with E-state index >= 15 is 0 Å². The van der Waals surface area contributed by atoms with Crippen LogP contribution in [-0.4, -0.2) is 28.7 Å². The highest BCUT2D eigenvalue weighted by atomic mass is 35.5. The van der Waals surface area contributed by atoms with Gasteiger partial charge in [0, 0.05) is 11.9 Å². The Morgan fingerprint density at radius 3 is 2.55 bits per heavy atom. The predicted molar refractivity (Wildman–Crippen MR) is 73.8 cm³/mol. The topological polar surface area (TPSA) is 68.5 Å². The SMILES string of the molecule is COC(=O)c1ccc(Cl)c(-n2ccc(C(=O)O)c2C)c1. The molecule has 0 aliphatic carbocycles. The summed E-state index contributed by atoms with van der Waals surface area (Å²) in [6, 6.07) is 6.17. The summed E-state index contributed by atoms with van der Waals surface area (Å²) in [5.74, 6) is -1.49. The minimum absolute atomic E-state index is 0.185. The standard InChI is InChI=1S/C14H12ClNO4/c1-8-10(13(17)18)5-6-16(8)12-7-9(14(19)20-2)3-4-11(12)15/h3-7H,1-2H3,(H,17,18). The highest BCUT2D eigenvalue weighted by Crippen LogP contribution is 2.25. The summed E-state index contributed by atoms with van der Waals surface area (Å²) in [5.41, 5.74) is 1.59. The first kappa shape index (κ1) is 14.1. The Morgan fingerprint density at radius 1 is 1.30 bits per heavy atom. The van der Waals surface area contributed by atoms with Crippen LogP contribution in [0.15, 0.2) is 30.5 Å². The van der Waals surface area contributed by atoms with Crippen LogP contribution in [0.3, 0.4) is 0 Å². The normalized spacial score (nSPS) is 10.3. The van der Waals surface area contributed by atoms with Gasteiger partial charge in [0.15, 0.2) is 0 Å². The van der Waals surface area contributed by atoms with Crippen molar-refractivity contribution >= 4 is 23.5 Å². The van der Waals surface area contributed by atoms with Crippen molar-refractivity contribution in [1.82, 2.24) is 4.57 Å². The molecule has 0 spiro atoms. The van der Waals surface area contributed by atoms with Crippen LogP contribution in [0.4, 0.5) is 0 Å². The lowest BCUT2D eigenvalue weighted by atomic mass is 10.2. The lowest BCUT2D eigenvalue weighted by Gasteiger charge is -2.10. The molecule has 20 heavy (non-hydrogen) atoms. The van der Waals surface area contributed by atoms with Crippen LogP contribution >= 0.6 is 11.6 Å². The Hall–Kier alpha value is -2.27. The van der Waals surface area contributed by atoms with Crippen molar-refractivity contribution in [1.29, 1.82) is 0 Å². The summed E-state index contributed by atoms with van der Waals surface area (Å²) < 4.78 is 6.28. The molecule has 0 saturated carbocycles. The molecule has 0 bridgehead atoms. The number of halogens is 1. The van der Waals surface area contributed by atoms with Gasteiger partial charge in [-0.3, -0.25) is 0 Å². The van der Waals surface area contributed by atoms with E-state index in [4.69, 9.17) is 16.7 Å². The number of methoxy groups -OCH3 is 1. The van der Waals surface area contributed by atoms with Gasteiger partial charge >= 0.3 is 11.9 Å². The monoisotopic (exact) mass is 293 g/mol. The van der Waals surface area contributed by atoms with Crippen molar-refractivity contribution in [2.75, 3.05) is 7.11 Å². The number of aromatic nitrogens is 1. The van der Waals surface area contributed by atoms with Gasteiger partial charge in [-0.1, -0.05) is 11.6 Å². The first-order valence-electron chi connectivity index (χ1n) is 5.75. The second kappa shape index (κ2) is 5.38. The maximum atomic E-state index is 11.5. The molecule has 0 atom stereocenters. The average Bonchev–Trinajstić information content (AvgIpc) is 2.80. The number of aromatic carboxylic acids is 1. The zero-order valence-electron chi connectivity index (χ0n) is 10.9. The van der Waals surface area contributed by atoms with Crippen LogP contribution in [-0.2, 0) is 4.74 Å². The van der Waals surface area contributed by atoms with Crippen molar-refractivity contribution < 1.29 is 19.4 Å². The highest BCUT2D eigenvalue weighted by molar-refractivity contribution is 6.32. The minimum atomic E-state index is -1.01. The van der Waals surface area contributed by atoms with Gasteiger partial charge in [-0.15, -0.1) is 0 Å². The Kier molecular flexibility index (Phi) is 3.81. The van der Waals surface area contributed by atoms with Gasteiger partial charge in [0.1, 0.15) is 0 Å². The van der Waals surface area contributed by atoms with E-state index in [1.54, 1.807) is 35.9 Å². The lowest BCUT2D eigenvalue weighted by Crippen LogP contribution is -2.05. The molecular formula is C14H12ClNO4. The number of esters is 1. The van der Waals surface area contributed by atoms with Gasteiger partial charge in [-0.2, -0.15) is 0 Å². The van der Waals surface area contributed by atoms with E-state index in [0.717, 1.165) is 0 Å².